The van der Waals surface area contributed by atoms with Gasteiger partial charge in [-0.1, -0.05) is 39.1 Å². The predicted octanol–water partition coefficient (Wildman–Crippen LogP) is 5.61. The van der Waals surface area contributed by atoms with Crippen molar-refractivity contribution in [3.63, 3.8) is 0 Å². The molecule has 0 aliphatic heterocycles. The van der Waals surface area contributed by atoms with Gasteiger partial charge in [-0.05, 0) is 42.0 Å². The summed E-state index contributed by atoms with van der Waals surface area (Å²) in [4.78, 5) is 8.14. The van der Waals surface area contributed by atoms with E-state index in [0.717, 1.165) is 34.3 Å². The number of anilines is 1. The van der Waals surface area contributed by atoms with E-state index in [-0.39, 0.29) is 0 Å². The van der Waals surface area contributed by atoms with Crippen LogP contribution < -0.4 is 15.4 Å². The number of benzene rings is 1. The molecule has 0 unspecified atom stereocenters. The second-order valence-corrected chi connectivity index (χ2v) is 5.56. The van der Waals surface area contributed by atoms with Gasteiger partial charge in [-0.15, -0.1) is 0 Å². The normalized spacial score (nSPS) is 9.50. The topological polar surface area (TPSA) is 59.1 Å². The molecule has 0 spiro atoms. The Bertz CT molecular complexity index is 877. The van der Waals surface area contributed by atoms with Crippen LogP contribution in [0, 0.1) is 0 Å². The summed E-state index contributed by atoms with van der Waals surface area (Å²) in [5, 5.41) is 6.43. The maximum absolute atomic E-state index is 5.84. The molecule has 5 nitrogen and oxygen atoms in total. The van der Waals surface area contributed by atoms with Gasteiger partial charge in [-0.25, -0.2) is 0 Å². The maximum Gasteiger partial charge on any atom is 0.131 e. The molecule has 0 aliphatic rings. The van der Waals surface area contributed by atoms with Gasteiger partial charge < -0.3 is 15.4 Å². The van der Waals surface area contributed by atoms with Crippen molar-refractivity contribution < 1.29 is 4.74 Å². The summed E-state index contributed by atoms with van der Waals surface area (Å²) < 4.78 is 5.84. The van der Waals surface area contributed by atoms with Crippen molar-refractivity contribution in [2.75, 3.05) is 5.32 Å². The van der Waals surface area contributed by atoms with E-state index in [9.17, 15) is 0 Å². The second kappa shape index (κ2) is 11.2. The first-order valence-electron chi connectivity index (χ1n) is 9.18. The highest BCUT2D eigenvalue weighted by molar-refractivity contribution is 5.46. The molecule has 2 N–H and O–H groups in total. The Morgan fingerprint density at radius 2 is 1.71 bits per heavy atom. The monoisotopic (exact) mass is 374 g/mol. The van der Waals surface area contributed by atoms with E-state index < -0.39 is 0 Å². The van der Waals surface area contributed by atoms with Gasteiger partial charge in [0.2, 0.25) is 0 Å². The molecule has 0 fully saturated rings. The molecule has 0 atom stereocenters. The first-order valence-corrected chi connectivity index (χ1v) is 9.18. The van der Waals surface area contributed by atoms with Gasteiger partial charge in [0.15, 0.2) is 0 Å². The Morgan fingerprint density at radius 3 is 2.39 bits per heavy atom. The lowest BCUT2D eigenvalue weighted by molar-refractivity contribution is 0.481. The van der Waals surface area contributed by atoms with Crippen LogP contribution in [-0.4, -0.2) is 9.97 Å². The van der Waals surface area contributed by atoms with E-state index in [4.69, 9.17) is 4.74 Å². The first-order chi connectivity index (χ1) is 13.7. The number of nitrogens with zero attached hydrogens (tertiary/aromatic N) is 2. The van der Waals surface area contributed by atoms with Crippen LogP contribution in [0.2, 0.25) is 0 Å². The summed E-state index contributed by atoms with van der Waals surface area (Å²) in [5.41, 5.74) is 2.84. The fourth-order valence-electron chi connectivity index (χ4n) is 2.28. The van der Waals surface area contributed by atoms with Crippen LogP contribution >= 0.6 is 0 Å². The van der Waals surface area contributed by atoms with Crippen molar-refractivity contribution in [3.8, 4) is 11.5 Å². The molecule has 28 heavy (non-hydrogen) atoms. The summed E-state index contributed by atoms with van der Waals surface area (Å²) in [6.07, 6.45) is 6.85. The number of pyridine rings is 2. The molecule has 2 aromatic heterocycles. The molecule has 1 aromatic carbocycles. The second-order valence-electron chi connectivity index (χ2n) is 5.56. The average Bonchev–Trinajstić information content (AvgIpc) is 2.75. The van der Waals surface area contributed by atoms with Crippen molar-refractivity contribution in [1.29, 1.82) is 0 Å². The Kier molecular flexibility index (Phi) is 8.27. The highest BCUT2D eigenvalue weighted by Crippen LogP contribution is 2.22. The molecule has 0 saturated heterocycles. The zero-order valence-corrected chi connectivity index (χ0v) is 16.4. The minimum absolute atomic E-state index is 0.660. The summed E-state index contributed by atoms with van der Waals surface area (Å²) in [5.74, 6) is 2.23. The summed E-state index contributed by atoms with van der Waals surface area (Å²) in [7, 11) is 0. The van der Waals surface area contributed by atoms with Gasteiger partial charge >= 0.3 is 0 Å². The quantitative estimate of drug-likeness (QED) is 0.536. The number of rotatable bonds is 8. The van der Waals surface area contributed by atoms with Crippen LogP contribution in [0.25, 0.3) is 6.08 Å². The molecule has 0 aliphatic carbocycles. The molecule has 5 heteroatoms. The third-order valence-electron chi connectivity index (χ3n) is 3.60. The van der Waals surface area contributed by atoms with Crippen LogP contribution in [0.1, 0.15) is 25.1 Å². The lowest BCUT2D eigenvalue weighted by atomic mass is 10.2. The minimum atomic E-state index is 0.660. The van der Waals surface area contributed by atoms with E-state index in [1.165, 1.54) is 0 Å². The third kappa shape index (κ3) is 6.61. The van der Waals surface area contributed by atoms with Crippen molar-refractivity contribution in [1.82, 2.24) is 15.3 Å². The zero-order chi connectivity index (χ0) is 20.2. The van der Waals surface area contributed by atoms with Crippen molar-refractivity contribution in [3.05, 3.63) is 97.4 Å². The highest BCUT2D eigenvalue weighted by Gasteiger charge is 2.00. The van der Waals surface area contributed by atoms with E-state index in [0.29, 0.717) is 6.54 Å². The number of hydrogen-bond donors (Lipinski definition) is 2. The van der Waals surface area contributed by atoms with Gasteiger partial charge in [-0.3, -0.25) is 9.97 Å². The first kappa shape index (κ1) is 20.7. The summed E-state index contributed by atoms with van der Waals surface area (Å²) in [6, 6.07) is 15.3. The Morgan fingerprint density at radius 1 is 1.00 bits per heavy atom. The smallest absolute Gasteiger partial charge is 0.131 e. The van der Waals surface area contributed by atoms with Crippen molar-refractivity contribution in [2.24, 2.45) is 0 Å². The van der Waals surface area contributed by atoms with Crippen LogP contribution in [0.4, 0.5) is 5.69 Å². The molecule has 2 heterocycles. The number of hydrogen-bond acceptors (Lipinski definition) is 5. The largest absolute Gasteiger partial charge is 0.457 e. The lowest BCUT2D eigenvalue weighted by Gasteiger charge is -2.12. The number of nitrogens with one attached hydrogen (secondary N) is 2. The van der Waals surface area contributed by atoms with Crippen molar-refractivity contribution >= 4 is 11.8 Å². The van der Waals surface area contributed by atoms with E-state index in [1.807, 2.05) is 62.4 Å². The van der Waals surface area contributed by atoms with Gasteiger partial charge in [0.05, 0.1) is 11.5 Å². The predicted molar refractivity (Wildman–Crippen MR) is 116 cm³/mol. The molecule has 0 amide bonds. The van der Waals surface area contributed by atoms with E-state index in [2.05, 4.69) is 33.8 Å². The average molecular weight is 374 g/mol. The fraction of sp³-hybridized carbons (Fsp3) is 0.130. The standard InChI is InChI=1S/C21H20N4O.C2H6/c1-3-18-14-21(10-13-23-18)26-20-6-4-17(5-7-20)15-24-16(2)25-19-8-11-22-12-9-19;1-2/h3-14,24H,1-2,15H2,(H,22,25);1-2H3. The Balaban J connectivity index is 0.00000136. The number of ether oxygens (including phenoxy) is 1. The Hall–Kier alpha value is -3.60. The maximum atomic E-state index is 5.84. The summed E-state index contributed by atoms with van der Waals surface area (Å²) in [6.45, 7) is 12.3. The van der Waals surface area contributed by atoms with Gasteiger partial charge in [0.1, 0.15) is 11.5 Å². The zero-order valence-electron chi connectivity index (χ0n) is 16.4. The van der Waals surface area contributed by atoms with E-state index in [1.54, 1.807) is 24.7 Å². The highest BCUT2D eigenvalue weighted by atomic mass is 16.5. The van der Waals surface area contributed by atoms with Crippen LogP contribution in [0.5, 0.6) is 11.5 Å². The molecule has 3 aromatic rings. The molecule has 0 radical (unpaired) electrons. The molecule has 3 rings (SSSR count). The molecular weight excluding hydrogens is 348 g/mol. The minimum Gasteiger partial charge on any atom is -0.457 e. The van der Waals surface area contributed by atoms with Crippen LogP contribution in [0.15, 0.2) is 86.1 Å². The van der Waals surface area contributed by atoms with E-state index >= 15 is 0 Å². The summed E-state index contributed by atoms with van der Waals surface area (Å²) >= 11 is 0. The van der Waals surface area contributed by atoms with Crippen molar-refractivity contribution in [2.45, 2.75) is 20.4 Å². The molecule has 0 saturated carbocycles. The van der Waals surface area contributed by atoms with Gasteiger partial charge in [-0.2, -0.15) is 0 Å². The lowest BCUT2D eigenvalue weighted by Crippen LogP contribution is -2.18. The molecular formula is C23H26N4O. The van der Waals surface area contributed by atoms with Gasteiger partial charge in [0, 0.05) is 36.9 Å². The molecule has 144 valence electrons. The Labute approximate surface area is 166 Å². The van der Waals surface area contributed by atoms with Crippen LogP contribution in [0.3, 0.4) is 0 Å². The fourth-order valence-corrected chi connectivity index (χ4v) is 2.28. The molecule has 0 bridgehead atoms. The van der Waals surface area contributed by atoms with Gasteiger partial charge in [0.25, 0.3) is 0 Å². The van der Waals surface area contributed by atoms with Crippen LogP contribution in [-0.2, 0) is 6.54 Å². The SMILES string of the molecule is C=Cc1cc(Oc2ccc(CNC(=C)Nc3ccncc3)cc2)ccn1.CC. The number of aromatic nitrogens is 2. The third-order valence-corrected chi connectivity index (χ3v) is 3.60.